The Morgan fingerprint density at radius 3 is 1.85 bits per heavy atom. The van der Waals surface area contributed by atoms with E-state index in [-0.39, 0.29) is 23.0 Å². The Morgan fingerprint density at radius 2 is 1.14 bits per heavy atom. The standard InChI is InChI=1S/C50H82O22/c1-20-7-12-50(64-18-20)21(2)32-28(72-50)14-26-24-6-5-22-13-23(8-10-48(22,3)25(24)9-11-49(26,32)4)65-45-40(62)37(59)41(31(17-53)68-45)69-47-43(71-46-39(61)36(58)34(56)29(15-51)66-46)42(35(57)30(16-52)67-47)70-44-38(60)33(55)27(54)19-63-44/h20-47,51-62H,5-19H2,1-4H3/t20-,21+,22+,23+,24?,25?,26?,27-,28?,29-,30-,31-,32?,33+,34+,35-,36+,37-,38-,39-,40-,41+,42+,43-,44+,45-,46+,47+,48+,49+,50-/m1/s1. The van der Waals surface area contributed by atoms with Gasteiger partial charge in [-0.05, 0) is 104 Å². The summed E-state index contributed by atoms with van der Waals surface area (Å²) in [5, 5.41) is 129. The van der Waals surface area contributed by atoms with E-state index in [1.807, 2.05) is 0 Å². The van der Waals surface area contributed by atoms with E-state index in [9.17, 15) is 61.3 Å². The van der Waals surface area contributed by atoms with Gasteiger partial charge < -0.3 is 109 Å². The van der Waals surface area contributed by atoms with Crippen molar-refractivity contribution in [3.05, 3.63) is 0 Å². The van der Waals surface area contributed by atoms with Crippen LogP contribution in [0.25, 0.3) is 0 Å². The monoisotopic (exact) mass is 1030 g/mol. The van der Waals surface area contributed by atoms with Gasteiger partial charge in [-0.3, -0.25) is 0 Å². The summed E-state index contributed by atoms with van der Waals surface area (Å²) < 4.78 is 61.4. The fraction of sp³-hybridized carbons (Fsp3) is 1.00. The summed E-state index contributed by atoms with van der Waals surface area (Å²) in [6.07, 6.45) is -22.9. The summed E-state index contributed by atoms with van der Waals surface area (Å²) in [5.41, 5.74) is 0.293. The average Bonchev–Trinajstić information content (AvgIpc) is 3.82. The van der Waals surface area contributed by atoms with Gasteiger partial charge in [0.1, 0.15) is 91.6 Å². The Bertz CT molecular complexity index is 1830. The van der Waals surface area contributed by atoms with Crippen LogP contribution < -0.4 is 0 Å². The van der Waals surface area contributed by atoms with E-state index in [1.165, 1.54) is 12.8 Å². The third-order valence-corrected chi connectivity index (χ3v) is 20.0. The lowest BCUT2D eigenvalue weighted by molar-refractivity contribution is -0.404. The largest absolute Gasteiger partial charge is 0.394 e. The van der Waals surface area contributed by atoms with E-state index in [2.05, 4.69) is 27.7 Å². The first-order valence-corrected chi connectivity index (χ1v) is 26.7. The number of aliphatic hydroxyl groups is 12. The summed E-state index contributed by atoms with van der Waals surface area (Å²) in [6.45, 7) is 7.42. The van der Waals surface area contributed by atoms with Gasteiger partial charge in [0.25, 0.3) is 0 Å². The molecule has 6 heterocycles. The van der Waals surface area contributed by atoms with E-state index >= 15 is 0 Å². The molecule has 0 aromatic heterocycles. The topological polar surface area (TPSA) is 335 Å². The highest BCUT2D eigenvalue weighted by atomic mass is 16.8. The molecular formula is C50H82O22. The molecule has 4 aliphatic carbocycles. The van der Waals surface area contributed by atoms with Gasteiger partial charge >= 0.3 is 0 Å². The lowest BCUT2D eigenvalue weighted by Crippen LogP contribution is -2.68. The molecule has 12 N–H and O–H groups in total. The first kappa shape index (κ1) is 54.5. The zero-order chi connectivity index (χ0) is 51.3. The van der Waals surface area contributed by atoms with Crippen LogP contribution in [0.3, 0.4) is 0 Å². The van der Waals surface area contributed by atoms with Crippen molar-refractivity contribution < 1.29 is 109 Å². The molecule has 10 aliphatic rings. The van der Waals surface area contributed by atoms with Gasteiger partial charge in [0.2, 0.25) is 0 Å². The van der Waals surface area contributed by atoms with Crippen molar-refractivity contribution in [3.8, 4) is 0 Å². The number of rotatable bonds is 11. The molecule has 0 bridgehead atoms. The Labute approximate surface area is 419 Å². The van der Waals surface area contributed by atoms with Crippen LogP contribution in [-0.4, -0.2) is 229 Å². The molecule has 0 amide bonds. The second kappa shape index (κ2) is 21.1. The molecule has 4 saturated carbocycles. The van der Waals surface area contributed by atoms with Crippen LogP contribution in [0.15, 0.2) is 0 Å². The third kappa shape index (κ3) is 9.26. The zero-order valence-electron chi connectivity index (χ0n) is 41.7. The summed E-state index contributed by atoms with van der Waals surface area (Å²) >= 11 is 0. The predicted molar refractivity (Wildman–Crippen MR) is 242 cm³/mol. The maximum absolute atomic E-state index is 11.8. The Morgan fingerprint density at radius 1 is 0.514 bits per heavy atom. The zero-order valence-corrected chi connectivity index (χ0v) is 41.7. The van der Waals surface area contributed by atoms with Crippen molar-refractivity contribution in [1.82, 2.24) is 0 Å². The molecule has 6 saturated heterocycles. The first-order valence-electron chi connectivity index (χ1n) is 26.7. The Balaban J connectivity index is 0.812. The maximum Gasteiger partial charge on any atom is 0.187 e. The first-order chi connectivity index (χ1) is 34.3. The van der Waals surface area contributed by atoms with Gasteiger partial charge in [-0.2, -0.15) is 0 Å². The molecule has 10 fully saturated rings. The minimum atomic E-state index is -2.00. The average molecular weight is 1040 g/mol. The predicted octanol–water partition coefficient (Wildman–Crippen LogP) is -2.27. The van der Waals surface area contributed by atoms with Crippen molar-refractivity contribution in [2.75, 3.05) is 33.0 Å². The molecule has 0 aromatic carbocycles. The van der Waals surface area contributed by atoms with Gasteiger partial charge in [0, 0.05) is 12.3 Å². The van der Waals surface area contributed by atoms with Crippen LogP contribution in [-0.2, 0) is 47.4 Å². The summed E-state index contributed by atoms with van der Waals surface area (Å²) in [4.78, 5) is 0. The van der Waals surface area contributed by atoms with Crippen molar-refractivity contribution >= 4 is 0 Å². The molecule has 22 heteroatoms. The maximum atomic E-state index is 11.8. The molecular weight excluding hydrogens is 953 g/mol. The number of hydrogen-bond donors (Lipinski definition) is 12. The fourth-order valence-corrected chi connectivity index (χ4v) is 15.9. The highest BCUT2D eigenvalue weighted by Gasteiger charge is 2.69. The van der Waals surface area contributed by atoms with E-state index in [0.717, 1.165) is 51.6 Å². The van der Waals surface area contributed by atoms with E-state index < -0.39 is 149 Å². The number of fused-ring (bicyclic) bond motifs is 7. The Kier molecular flexibility index (Phi) is 15.9. The highest BCUT2D eigenvalue weighted by Crippen LogP contribution is 2.71. The van der Waals surface area contributed by atoms with Crippen molar-refractivity contribution in [1.29, 1.82) is 0 Å². The van der Waals surface area contributed by atoms with Gasteiger partial charge in [-0.15, -0.1) is 0 Å². The second-order valence-electron chi connectivity index (χ2n) is 23.9. The van der Waals surface area contributed by atoms with Gasteiger partial charge in [0.15, 0.2) is 30.9 Å². The summed E-state index contributed by atoms with van der Waals surface area (Å²) in [6, 6.07) is 0. The number of ether oxygens (including phenoxy) is 10. The molecule has 414 valence electrons. The fourth-order valence-electron chi connectivity index (χ4n) is 15.9. The molecule has 1 spiro atoms. The van der Waals surface area contributed by atoms with Gasteiger partial charge in [-0.25, -0.2) is 0 Å². The molecule has 31 atom stereocenters. The smallest absolute Gasteiger partial charge is 0.187 e. The van der Waals surface area contributed by atoms with Crippen LogP contribution in [0.5, 0.6) is 0 Å². The minimum absolute atomic E-state index is 0.0916. The minimum Gasteiger partial charge on any atom is -0.394 e. The normalized spacial score (nSPS) is 57.8. The lowest BCUT2D eigenvalue weighted by Gasteiger charge is -2.61. The van der Waals surface area contributed by atoms with Gasteiger partial charge in [0.05, 0.1) is 45.2 Å². The molecule has 5 unspecified atom stereocenters. The van der Waals surface area contributed by atoms with E-state index in [1.54, 1.807) is 0 Å². The van der Waals surface area contributed by atoms with Crippen molar-refractivity contribution in [2.24, 2.45) is 52.3 Å². The Hall–Kier alpha value is -0.880. The quantitative estimate of drug-likeness (QED) is 0.0971. The third-order valence-electron chi connectivity index (χ3n) is 20.0. The van der Waals surface area contributed by atoms with E-state index in [4.69, 9.17) is 47.4 Å². The number of hydrogen-bond acceptors (Lipinski definition) is 22. The van der Waals surface area contributed by atoms with Crippen LogP contribution in [0, 0.1) is 52.3 Å². The molecule has 22 nitrogen and oxygen atoms in total. The van der Waals surface area contributed by atoms with Crippen LogP contribution >= 0.6 is 0 Å². The molecule has 0 radical (unpaired) electrons. The molecule has 10 rings (SSSR count). The van der Waals surface area contributed by atoms with E-state index in [0.29, 0.717) is 47.8 Å². The van der Waals surface area contributed by atoms with Crippen molar-refractivity contribution in [2.45, 2.75) is 227 Å². The SMILES string of the molecule is C[C@@H]1CC[C@@]2(OC1)OC1CC3C4CC[C@H]5C[C@@H](O[C@@H]6O[C@H](CO)[C@H](O[C@@H]7O[C@H](CO)[C@@H](O)[C@H](O[C@@H]8OC[C@@H](O)[C@H](O)[C@H]8O)[C@H]7O[C@@H]7O[C@H](CO)[C@H](O)[C@H](O)[C@H]7O)[C@H](O)[C@H]6O)CC[C@]5(C)C4CC[C@]3(C)C1[C@@H]2C. The summed E-state index contributed by atoms with van der Waals surface area (Å²) in [7, 11) is 0. The molecule has 0 aromatic rings. The summed E-state index contributed by atoms with van der Waals surface area (Å²) in [5.74, 6) is 3.06. The molecule has 6 aliphatic heterocycles. The highest BCUT2D eigenvalue weighted by molar-refractivity contribution is 5.15. The second-order valence-corrected chi connectivity index (χ2v) is 23.9. The van der Waals surface area contributed by atoms with Gasteiger partial charge in [-0.1, -0.05) is 27.7 Å². The number of aliphatic hydroxyl groups excluding tert-OH is 12. The van der Waals surface area contributed by atoms with Crippen molar-refractivity contribution in [3.63, 3.8) is 0 Å². The molecule has 72 heavy (non-hydrogen) atoms. The lowest BCUT2D eigenvalue weighted by atomic mass is 9.44. The van der Waals surface area contributed by atoms with Crippen LogP contribution in [0.4, 0.5) is 0 Å². The van der Waals surface area contributed by atoms with Crippen LogP contribution in [0.2, 0.25) is 0 Å². The van der Waals surface area contributed by atoms with Crippen LogP contribution in [0.1, 0.15) is 91.9 Å².